The molecule has 5 aliphatic rings. The average molecular weight is 915 g/mol. The Morgan fingerprint density at radius 2 is 1.71 bits per heavy atom. The lowest BCUT2D eigenvalue weighted by molar-refractivity contribution is -0.181. The highest BCUT2D eigenvalue weighted by molar-refractivity contribution is 6.33. The molecule has 1 atom stereocenters. The lowest BCUT2D eigenvalue weighted by Gasteiger charge is -2.58. The number of rotatable bonds is 11. The number of anilines is 4. The summed E-state index contributed by atoms with van der Waals surface area (Å²) in [5, 5.41) is 8.96. The Bertz CT molecular complexity index is 2680. The fourth-order valence-electron chi connectivity index (χ4n) is 9.80. The molecule has 2 aromatic heterocycles. The van der Waals surface area contributed by atoms with E-state index in [9.17, 15) is 28.8 Å². The second kappa shape index (κ2) is 17.0. The zero-order valence-electron chi connectivity index (χ0n) is 36.2. The van der Waals surface area contributed by atoms with E-state index >= 15 is 8.78 Å². The van der Waals surface area contributed by atoms with Gasteiger partial charge in [0.15, 0.2) is 18.2 Å². The maximum Gasteiger partial charge on any atom is 0.293 e. The number of hydrogen-bond acceptors (Lipinski definition) is 13. The molecule has 342 valence electrons. The van der Waals surface area contributed by atoms with Crippen molar-refractivity contribution in [2.24, 2.45) is 11.3 Å². The fourth-order valence-corrected chi connectivity index (χ4v) is 9.93. The van der Waals surface area contributed by atoms with Gasteiger partial charge in [-0.25, -0.2) is 13.8 Å². The average Bonchev–Trinajstić information content (AvgIpc) is 3.50. The molecule has 0 aliphatic carbocycles. The zero-order valence-corrected chi connectivity index (χ0v) is 36.9. The van der Waals surface area contributed by atoms with Crippen LogP contribution in [0.1, 0.15) is 72.7 Å². The predicted molar refractivity (Wildman–Crippen MR) is 237 cm³/mol. The molecular weight excluding hydrogens is 866 g/mol. The van der Waals surface area contributed by atoms with Gasteiger partial charge in [0.1, 0.15) is 11.1 Å². The molecule has 0 saturated carbocycles. The lowest BCUT2D eigenvalue weighted by Crippen LogP contribution is -2.70. The number of likely N-dealkylation sites (N-methyl/N-ethyl adjacent to an activating group) is 1. The highest BCUT2D eigenvalue weighted by Gasteiger charge is 2.62. The minimum Gasteiger partial charge on any atom is -0.478 e. The van der Waals surface area contributed by atoms with Crippen LogP contribution < -0.4 is 36.0 Å². The van der Waals surface area contributed by atoms with Crippen LogP contribution in [-0.2, 0) is 14.4 Å². The van der Waals surface area contributed by atoms with E-state index in [1.807, 2.05) is 41.8 Å². The standard InChI is InChI=1S/C45H49ClF2N10O7/c1-25(2)57-33-7-4-28(16-27(33)17-35(42(57)64)65-21-37(60)49-3)51-38-32(46)19-50-43(53-38)55-13-10-26(11-14-55)20-54-15-12-44(45(47,48)24-54)22-56(23-44)29-5-6-30-31(18-29)41(63)58(40(30)62)34-8-9-36(59)52-39(34)61/h4-7,16-19,25-26,34H,8-15,20-24H2,1-3H3,(H,49,60)(H,50,51,53)(H,52,59,61). The third kappa shape index (κ3) is 8.12. The van der Waals surface area contributed by atoms with Gasteiger partial charge in [0.25, 0.3) is 29.2 Å². The summed E-state index contributed by atoms with van der Waals surface area (Å²) in [6.45, 7) is 5.72. The minimum absolute atomic E-state index is 0.0149. The van der Waals surface area contributed by atoms with Gasteiger partial charge >= 0.3 is 0 Å². The SMILES string of the molecule is CNC(=O)COc1cc2cc(Nc3nc(N4CCC(CN5CCC6(CN(c7ccc8c(c7)C(=O)N(C7CCC(=O)NC7=O)C8=O)C6)C(F)(F)C5)CC4)ncc3Cl)ccc2n(C(C)C)c1=O. The monoisotopic (exact) mass is 914 g/mol. The van der Waals surface area contributed by atoms with Crippen molar-refractivity contribution >= 4 is 75.2 Å². The number of imide groups is 2. The molecule has 1 spiro atoms. The Kier molecular flexibility index (Phi) is 11.5. The van der Waals surface area contributed by atoms with Crippen LogP contribution in [0.25, 0.3) is 10.9 Å². The number of carbonyl (C=O) groups is 5. The van der Waals surface area contributed by atoms with Crippen molar-refractivity contribution in [1.82, 2.24) is 35.0 Å². The van der Waals surface area contributed by atoms with Crippen LogP contribution >= 0.6 is 11.6 Å². The summed E-state index contributed by atoms with van der Waals surface area (Å²) in [4.78, 5) is 91.6. The number of nitrogens with one attached hydrogen (secondary N) is 3. The molecule has 17 nitrogen and oxygen atoms in total. The number of fused-ring (bicyclic) bond motifs is 2. The largest absolute Gasteiger partial charge is 0.478 e. The summed E-state index contributed by atoms with van der Waals surface area (Å²) in [5.41, 5.74) is 0.623. The van der Waals surface area contributed by atoms with Crippen LogP contribution in [0.2, 0.25) is 5.02 Å². The van der Waals surface area contributed by atoms with E-state index in [0.717, 1.165) is 17.7 Å². The number of ether oxygens (including phenoxy) is 1. The van der Waals surface area contributed by atoms with Gasteiger partial charge in [0.05, 0.1) is 34.8 Å². The molecule has 65 heavy (non-hydrogen) atoms. The number of halogens is 3. The number of carbonyl (C=O) groups excluding carboxylic acids is 5. The van der Waals surface area contributed by atoms with E-state index in [0.29, 0.717) is 71.7 Å². The summed E-state index contributed by atoms with van der Waals surface area (Å²) in [7, 11) is 1.49. The molecule has 4 aromatic rings. The summed E-state index contributed by atoms with van der Waals surface area (Å²) in [5.74, 6) is -4.57. The number of aromatic nitrogens is 3. The van der Waals surface area contributed by atoms with Crippen molar-refractivity contribution in [2.45, 2.75) is 64.0 Å². The lowest BCUT2D eigenvalue weighted by atomic mass is 9.68. The van der Waals surface area contributed by atoms with Crippen molar-refractivity contribution in [1.29, 1.82) is 0 Å². The first-order chi connectivity index (χ1) is 31.0. The molecule has 9 rings (SSSR count). The Morgan fingerprint density at radius 1 is 0.954 bits per heavy atom. The number of hydrogen-bond donors (Lipinski definition) is 3. The highest BCUT2D eigenvalue weighted by atomic mass is 35.5. The first-order valence-electron chi connectivity index (χ1n) is 21.8. The molecule has 5 amide bonds. The second-order valence-electron chi connectivity index (χ2n) is 17.9. The van der Waals surface area contributed by atoms with Crippen LogP contribution in [-0.4, -0.2) is 125 Å². The summed E-state index contributed by atoms with van der Waals surface area (Å²) >= 11 is 6.57. The van der Waals surface area contributed by atoms with E-state index in [2.05, 4.69) is 25.8 Å². The van der Waals surface area contributed by atoms with Crippen LogP contribution in [0.5, 0.6) is 5.75 Å². The normalized spacial score (nSPS) is 20.9. The van der Waals surface area contributed by atoms with E-state index in [1.54, 1.807) is 22.8 Å². The minimum atomic E-state index is -2.95. The molecule has 20 heteroatoms. The molecule has 5 aliphatic heterocycles. The number of piperidine rings is 3. The number of alkyl halides is 2. The molecule has 3 N–H and O–H groups in total. The summed E-state index contributed by atoms with van der Waals surface area (Å²) in [6.07, 6.45) is 3.45. The molecule has 1 unspecified atom stereocenters. The molecule has 7 heterocycles. The number of pyridine rings is 1. The van der Waals surface area contributed by atoms with Crippen molar-refractivity contribution in [3.05, 3.63) is 75.2 Å². The van der Waals surface area contributed by atoms with Gasteiger partial charge in [-0.05, 0) is 94.5 Å². The first-order valence-corrected chi connectivity index (χ1v) is 22.2. The molecular formula is C45H49ClF2N10O7. The Balaban J connectivity index is 0.790. The third-order valence-electron chi connectivity index (χ3n) is 13.4. The quantitative estimate of drug-likeness (QED) is 0.180. The topological polar surface area (TPSA) is 191 Å². The number of likely N-dealkylation sites (tertiary alicyclic amines) is 1. The van der Waals surface area contributed by atoms with E-state index < -0.39 is 41.0 Å². The Hall–Kier alpha value is -6.21. The van der Waals surface area contributed by atoms with E-state index in [1.165, 1.54) is 19.3 Å². The maximum absolute atomic E-state index is 16.1. The molecule has 2 aromatic carbocycles. The van der Waals surface area contributed by atoms with Crippen molar-refractivity contribution < 1.29 is 37.5 Å². The summed E-state index contributed by atoms with van der Waals surface area (Å²) in [6, 6.07) is 10.6. The predicted octanol–water partition coefficient (Wildman–Crippen LogP) is 4.36. The zero-order chi connectivity index (χ0) is 45.9. The van der Waals surface area contributed by atoms with Crippen molar-refractivity contribution in [2.75, 3.05) is 74.6 Å². The van der Waals surface area contributed by atoms with Crippen LogP contribution in [0.15, 0.2) is 53.5 Å². The van der Waals surface area contributed by atoms with Gasteiger partial charge < -0.3 is 29.7 Å². The van der Waals surface area contributed by atoms with Gasteiger partial charge in [-0.3, -0.25) is 43.9 Å². The van der Waals surface area contributed by atoms with Gasteiger partial charge in [0, 0.05) is 69.0 Å². The molecule has 4 fully saturated rings. The van der Waals surface area contributed by atoms with E-state index in [4.69, 9.17) is 21.3 Å². The first kappa shape index (κ1) is 44.0. The molecule has 4 saturated heterocycles. The number of nitrogens with zero attached hydrogens (tertiary/aromatic N) is 7. The van der Waals surface area contributed by atoms with Crippen LogP contribution in [0, 0.1) is 11.3 Å². The molecule has 0 bridgehead atoms. The van der Waals surface area contributed by atoms with Gasteiger partial charge in [0.2, 0.25) is 17.8 Å². The van der Waals surface area contributed by atoms with Crippen molar-refractivity contribution in [3.63, 3.8) is 0 Å². The van der Waals surface area contributed by atoms with Gasteiger partial charge in [-0.1, -0.05) is 11.6 Å². The second-order valence-corrected chi connectivity index (χ2v) is 18.3. The van der Waals surface area contributed by atoms with Crippen molar-refractivity contribution in [3.8, 4) is 5.75 Å². The van der Waals surface area contributed by atoms with Crippen LogP contribution in [0.4, 0.5) is 31.9 Å². The van der Waals surface area contributed by atoms with Gasteiger partial charge in [-0.2, -0.15) is 4.98 Å². The Labute approximate surface area is 377 Å². The molecule has 0 radical (unpaired) electrons. The number of amides is 5. The van der Waals surface area contributed by atoms with E-state index in [-0.39, 0.29) is 79.4 Å². The van der Waals surface area contributed by atoms with Gasteiger partial charge in [-0.15, -0.1) is 0 Å². The summed E-state index contributed by atoms with van der Waals surface area (Å²) < 4.78 is 39.4. The smallest absolute Gasteiger partial charge is 0.293 e. The fraction of sp³-hybridized carbons (Fsp3) is 0.467. The van der Waals surface area contributed by atoms with Crippen LogP contribution in [0.3, 0.4) is 0 Å². The number of benzene rings is 2. The Morgan fingerprint density at radius 3 is 2.42 bits per heavy atom. The highest BCUT2D eigenvalue weighted by Crippen LogP contribution is 2.52. The third-order valence-corrected chi connectivity index (χ3v) is 13.7. The maximum atomic E-state index is 16.1.